The Morgan fingerprint density at radius 1 is 1.17 bits per heavy atom. The summed E-state index contributed by atoms with van der Waals surface area (Å²) in [5.41, 5.74) is 11.2. The second-order valence-electron chi connectivity index (χ2n) is 7.42. The van der Waals surface area contributed by atoms with Crippen LogP contribution in [0.3, 0.4) is 0 Å². The van der Waals surface area contributed by atoms with Gasteiger partial charge in [-0.25, -0.2) is 0 Å². The number of nitrogen functional groups attached to an aromatic ring is 1. The number of aryl methyl sites for hydroxylation is 1. The van der Waals surface area contributed by atoms with Gasteiger partial charge in [0.05, 0.1) is 0 Å². The number of hydrogen-bond donors (Lipinski definition) is 1. The fourth-order valence-corrected chi connectivity index (χ4v) is 3.49. The van der Waals surface area contributed by atoms with Crippen LogP contribution in [0.4, 0.5) is 11.4 Å². The van der Waals surface area contributed by atoms with Gasteiger partial charge in [0.1, 0.15) is 0 Å². The maximum absolute atomic E-state index is 13.0. The molecule has 3 heteroatoms. The molecule has 1 heterocycles. The van der Waals surface area contributed by atoms with Crippen LogP contribution in [-0.2, 0) is 16.6 Å². The zero-order chi connectivity index (χ0) is 17.3. The van der Waals surface area contributed by atoms with Crippen molar-refractivity contribution in [2.75, 3.05) is 17.2 Å². The van der Waals surface area contributed by atoms with E-state index < -0.39 is 0 Å². The summed E-state index contributed by atoms with van der Waals surface area (Å²) in [6, 6.07) is 14.3. The molecule has 0 saturated carbocycles. The lowest BCUT2D eigenvalue weighted by Gasteiger charge is -2.33. The molecule has 0 spiro atoms. The van der Waals surface area contributed by atoms with Crippen LogP contribution in [0.2, 0.25) is 0 Å². The van der Waals surface area contributed by atoms with Crippen LogP contribution >= 0.6 is 0 Å². The average molecular weight is 322 g/mol. The summed E-state index contributed by atoms with van der Waals surface area (Å²) >= 11 is 0. The molecule has 3 rings (SSSR count). The molecule has 2 aromatic carbocycles. The summed E-state index contributed by atoms with van der Waals surface area (Å²) in [5, 5.41) is 0. The molecule has 0 bridgehead atoms. The molecular formula is C21H26N2O. The number of rotatable bonds is 3. The summed E-state index contributed by atoms with van der Waals surface area (Å²) in [6.07, 6.45) is 2.41. The lowest BCUT2D eigenvalue weighted by molar-refractivity contribution is -0.119. The number of carbonyl (C=O) groups excluding carboxylic acids is 1. The molecule has 1 aliphatic rings. The average Bonchev–Trinajstić information content (AvgIpc) is 2.55. The number of nitrogens with two attached hydrogens (primary N) is 1. The molecule has 2 aromatic rings. The number of anilines is 2. The topological polar surface area (TPSA) is 46.3 Å². The first kappa shape index (κ1) is 16.6. The van der Waals surface area contributed by atoms with Gasteiger partial charge >= 0.3 is 0 Å². The third-order valence-corrected chi connectivity index (χ3v) is 5.01. The van der Waals surface area contributed by atoms with Crippen LogP contribution in [0.5, 0.6) is 0 Å². The van der Waals surface area contributed by atoms with E-state index in [-0.39, 0.29) is 11.3 Å². The molecule has 0 unspecified atom stereocenters. The molecule has 3 nitrogen and oxygen atoms in total. The molecule has 0 aliphatic carbocycles. The maximum Gasteiger partial charge on any atom is 0.227 e. The standard InChI is InChI=1S/C21H26N2O/c1-15-9-11-16(12-10-15)21(2,3)14-20(24)23-13-5-6-17-18(22)7-4-8-19(17)23/h4,7-12H,5-6,13-14,22H2,1-3H3. The first-order chi connectivity index (χ1) is 11.4. The van der Waals surface area contributed by atoms with Crippen LogP contribution in [0.1, 0.15) is 43.4 Å². The predicted octanol–water partition coefficient (Wildman–Crippen LogP) is 4.22. The Kier molecular flexibility index (Phi) is 4.35. The number of benzene rings is 2. The Balaban J connectivity index is 1.83. The number of amides is 1. The van der Waals surface area contributed by atoms with Crippen molar-refractivity contribution in [3.63, 3.8) is 0 Å². The number of nitrogens with zero attached hydrogens (tertiary/aromatic N) is 1. The van der Waals surface area contributed by atoms with Crippen molar-refractivity contribution in [1.29, 1.82) is 0 Å². The highest BCUT2D eigenvalue weighted by Crippen LogP contribution is 2.34. The van der Waals surface area contributed by atoms with E-state index in [1.807, 2.05) is 23.1 Å². The third kappa shape index (κ3) is 3.16. The van der Waals surface area contributed by atoms with E-state index in [2.05, 4.69) is 45.0 Å². The van der Waals surface area contributed by atoms with Gasteiger partial charge in [0.2, 0.25) is 5.91 Å². The van der Waals surface area contributed by atoms with E-state index in [1.165, 1.54) is 11.1 Å². The highest BCUT2D eigenvalue weighted by atomic mass is 16.2. The molecule has 0 atom stereocenters. The van der Waals surface area contributed by atoms with Crippen molar-refractivity contribution in [2.45, 2.75) is 45.4 Å². The Hall–Kier alpha value is -2.29. The fourth-order valence-electron chi connectivity index (χ4n) is 3.49. The molecule has 1 amide bonds. The van der Waals surface area contributed by atoms with Gasteiger partial charge in [0.25, 0.3) is 0 Å². The molecule has 0 aromatic heterocycles. The van der Waals surface area contributed by atoms with Crippen molar-refractivity contribution < 1.29 is 4.79 Å². The van der Waals surface area contributed by atoms with E-state index in [9.17, 15) is 4.79 Å². The first-order valence-corrected chi connectivity index (χ1v) is 8.63. The quantitative estimate of drug-likeness (QED) is 0.860. The predicted molar refractivity (Wildman–Crippen MR) is 100 cm³/mol. The van der Waals surface area contributed by atoms with E-state index in [1.54, 1.807) is 0 Å². The fraction of sp³-hybridized carbons (Fsp3) is 0.381. The van der Waals surface area contributed by atoms with Gasteiger partial charge in [0, 0.05) is 24.3 Å². The van der Waals surface area contributed by atoms with Crippen molar-refractivity contribution in [3.8, 4) is 0 Å². The third-order valence-electron chi connectivity index (χ3n) is 5.01. The monoisotopic (exact) mass is 322 g/mol. The molecule has 126 valence electrons. The summed E-state index contributed by atoms with van der Waals surface area (Å²) in [7, 11) is 0. The number of hydrogen-bond acceptors (Lipinski definition) is 2. The summed E-state index contributed by atoms with van der Waals surface area (Å²) in [6.45, 7) is 7.13. The van der Waals surface area contributed by atoms with E-state index in [0.717, 1.165) is 36.3 Å². The van der Waals surface area contributed by atoms with Gasteiger partial charge in [-0.05, 0) is 48.4 Å². The molecular weight excluding hydrogens is 296 g/mol. The largest absolute Gasteiger partial charge is 0.398 e. The van der Waals surface area contributed by atoms with Gasteiger partial charge in [-0.1, -0.05) is 49.7 Å². The highest BCUT2D eigenvalue weighted by molar-refractivity contribution is 5.96. The van der Waals surface area contributed by atoms with Crippen LogP contribution < -0.4 is 10.6 Å². The molecule has 1 aliphatic heterocycles. The molecule has 24 heavy (non-hydrogen) atoms. The Bertz CT molecular complexity index is 747. The van der Waals surface area contributed by atoms with Gasteiger partial charge < -0.3 is 10.6 Å². The number of fused-ring (bicyclic) bond motifs is 1. The Morgan fingerprint density at radius 3 is 2.58 bits per heavy atom. The van der Waals surface area contributed by atoms with Crippen molar-refractivity contribution in [3.05, 3.63) is 59.2 Å². The molecule has 2 N–H and O–H groups in total. The smallest absolute Gasteiger partial charge is 0.227 e. The lowest BCUT2D eigenvalue weighted by atomic mass is 9.80. The van der Waals surface area contributed by atoms with Crippen LogP contribution in [-0.4, -0.2) is 12.5 Å². The minimum absolute atomic E-state index is 0.173. The SMILES string of the molecule is Cc1ccc(C(C)(C)CC(=O)N2CCCc3c(N)cccc32)cc1. The summed E-state index contributed by atoms with van der Waals surface area (Å²) in [4.78, 5) is 14.9. The van der Waals surface area contributed by atoms with E-state index in [0.29, 0.717) is 6.42 Å². The van der Waals surface area contributed by atoms with Crippen molar-refractivity contribution >= 4 is 17.3 Å². The van der Waals surface area contributed by atoms with E-state index in [4.69, 9.17) is 5.73 Å². The van der Waals surface area contributed by atoms with Gasteiger partial charge in [-0.15, -0.1) is 0 Å². The van der Waals surface area contributed by atoms with Gasteiger partial charge in [-0.2, -0.15) is 0 Å². The van der Waals surface area contributed by atoms with Crippen LogP contribution in [0.15, 0.2) is 42.5 Å². The van der Waals surface area contributed by atoms with Crippen molar-refractivity contribution in [2.24, 2.45) is 0 Å². The van der Waals surface area contributed by atoms with Gasteiger partial charge in [0.15, 0.2) is 0 Å². The minimum Gasteiger partial charge on any atom is -0.398 e. The minimum atomic E-state index is -0.192. The normalized spacial score (nSPS) is 14.4. The second kappa shape index (κ2) is 6.31. The Labute approximate surface area is 144 Å². The van der Waals surface area contributed by atoms with Crippen LogP contribution in [0.25, 0.3) is 0 Å². The van der Waals surface area contributed by atoms with Crippen molar-refractivity contribution in [1.82, 2.24) is 0 Å². The molecule has 0 radical (unpaired) electrons. The zero-order valence-electron chi connectivity index (χ0n) is 14.8. The molecule has 0 fully saturated rings. The Morgan fingerprint density at radius 2 is 1.88 bits per heavy atom. The maximum atomic E-state index is 13.0. The second-order valence-corrected chi connectivity index (χ2v) is 7.42. The summed E-state index contributed by atoms with van der Waals surface area (Å²) < 4.78 is 0. The zero-order valence-corrected chi connectivity index (χ0v) is 14.8. The summed E-state index contributed by atoms with van der Waals surface area (Å²) in [5.74, 6) is 0.173. The van der Waals surface area contributed by atoms with Gasteiger partial charge in [-0.3, -0.25) is 4.79 Å². The van der Waals surface area contributed by atoms with E-state index >= 15 is 0 Å². The molecule has 0 saturated heterocycles. The number of carbonyl (C=O) groups is 1. The first-order valence-electron chi connectivity index (χ1n) is 8.63. The lowest BCUT2D eigenvalue weighted by Crippen LogP contribution is -2.39. The van der Waals surface area contributed by atoms with Crippen LogP contribution in [0, 0.1) is 6.92 Å². The highest BCUT2D eigenvalue weighted by Gasteiger charge is 2.30.